The van der Waals surface area contributed by atoms with E-state index >= 15 is 0 Å². The van der Waals surface area contributed by atoms with E-state index in [1.165, 1.54) is 0 Å². The van der Waals surface area contributed by atoms with Gasteiger partial charge in [0.2, 0.25) is 0 Å². The van der Waals surface area contributed by atoms with E-state index in [-0.39, 0.29) is 0 Å². The number of hydrogen-bond donors (Lipinski definition) is 0. The van der Waals surface area contributed by atoms with Crippen LogP contribution in [0.3, 0.4) is 0 Å². The molecule has 1 heterocycles. The monoisotopic (exact) mass is 212 g/mol. The van der Waals surface area contributed by atoms with Crippen molar-refractivity contribution in [2.24, 2.45) is 28.6 Å². The Labute approximate surface area is 95.6 Å². The van der Waals surface area contributed by atoms with Gasteiger partial charge in [0.05, 0.1) is 6.61 Å². The Balaban J connectivity index is 2.93. The summed E-state index contributed by atoms with van der Waals surface area (Å²) in [5.74, 6) is 2.13. The first-order chi connectivity index (χ1) is 6.64. The summed E-state index contributed by atoms with van der Waals surface area (Å²) in [7, 11) is 0. The fourth-order valence-electron chi connectivity index (χ4n) is 3.23. The van der Waals surface area contributed by atoms with Crippen molar-refractivity contribution < 1.29 is 4.74 Å². The number of ether oxygens (including phenoxy) is 1. The van der Waals surface area contributed by atoms with E-state index in [1.807, 2.05) is 0 Å². The lowest BCUT2D eigenvalue weighted by Gasteiger charge is -2.49. The second-order valence-corrected chi connectivity index (χ2v) is 7.38. The van der Waals surface area contributed by atoms with Crippen molar-refractivity contribution in [2.75, 3.05) is 13.2 Å². The van der Waals surface area contributed by atoms with Gasteiger partial charge in [-0.1, -0.05) is 48.5 Å². The van der Waals surface area contributed by atoms with Gasteiger partial charge in [-0.2, -0.15) is 0 Å². The van der Waals surface area contributed by atoms with Gasteiger partial charge in [0, 0.05) is 6.61 Å². The van der Waals surface area contributed by atoms with Crippen molar-refractivity contribution in [3.8, 4) is 0 Å². The highest BCUT2D eigenvalue weighted by Gasteiger charge is 2.43. The highest BCUT2D eigenvalue weighted by atomic mass is 16.5. The lowest BCUT2D eigenvalue weighted by atomic mass is 9.59. The molecule has 0 saturated carbocycles. The van der Waals surface area contributed by atoms with Crippen LogP contribution in [0.15, 0.2) is 0 Å². The van der Waals surface area contributed by atoms with Gasteiger partial charge in [0.25, 0.3) is 0 Å². The lowest BCUT2D eigenvalue weighted by Crippen LogP contribution is -2.47. The minimum absolute atomic E-state index is 0.354. The summed E-state index contributed by atoms with van der Waals surface area (Å²) in [6.07, 6.45) is 0. The molecule has 0 aromatic heterocycles. The van der Waals surface area contributed by atoms with Crippen LogP contribution in [0.5, 0.6) is 0 Å². The second kappa shape index (κ2) is 4.08. The fourth-order valence-corrected chi connectivity index (χ4v) is 3.23. The first-order valence-corrected chi connectivity index (χ1v) is 6.22. The Morgan fingerprint density at radius 2 is 1.40 bits per heavy atom. The van der Waals surface area contributed by atoms with Gasteiger partial charge in [-0.3, -0.25) is 0 Å². The Bertz CT molecular complexity index is 206. The van der Waals surface area contributed by atoms with Gasteiger partial charge in [0.1, 0.15) is 0 Å². The van der Waals surface area contributed by atoms with Crippen molar-refractivity contribution >= 4 is 0 Å². The predicted molar refractivity (Wildman–Crippen MR) is 65.9 cm³/mol. The maximum absolute atomic E-state index is 5.75. The maximum atomic E-state index is 5.75. The molecule has 1 aliphatic rings. The van der Waals surface area contributed by atoms with Crippen molar-refractivity contribution in [1.29, 1.82) is 0 Å². The first-order valence-electron chi connectivity index (χ1n) is 6.22. The van der Waals surface area contributed by atoms with Crippen molar-refractivity contribution in [3.63, 3.8) is 0 Å². The summed E-state index contributed by atoms with van der Waals surface area (Å²) in [6.45, 7) is 18.4. The standard InChI is InChI=1S/C14H28O/c1-10-8-15-9-11(13(2,3)4)12(10)14(5,6)7/h10-12H,8-9H2,1-7H3/t10?,11-,12?/m0/s1. The first kappa shape index (κ1) is 13.0. The van der Waals surface area contributed by atoms with Crippen LogP contribution in [-0.2, 0) is 4.74 Å². The molecule has 1 aliphatic heterocycles. The summed E-state index contributed by atoms with van der Waals surface area (Å²) < 4.78 is 5.75. The molecule has 0 radical (unpaired) electrons. The molecule has 0 aromatic carbocycles. The van der Waals surface area contributed by atoms with Crippen LogP contribution in [0.1, 0.15) is 48.5 Å². The minimum Gasteiger partial charge on any atom is -0.381 e. The van der Waals surface area contributed by atoms with Crippen LogP contribution in [-0.4, -0.2) is 13.2 Å². The summed E-state index contributed by atoms with van der Waals surface area (Å²) in [5, 5.41) is 0. The number of rotatable bonds is 0. The highest BCUT2D eigenvalue weighted by molar-refractivity contribution is 4.91. The van der Waals surface area contributed by atoms with Crippen LogP contribution in [0.2, 0.25) is 0 Å². The van der Waals surface area contributed by atoms with Gasteiger partial charge in [0.15, 0.2) is 0 Å². The molecule has 0 amide bonds. The molecular formula is C14H28O. The molecule has 15 heavy (non-hydrogen) atoms. The zero-order valence-corrected chi connectivity index (χ0v) is 11.6. The highest BCUT2D eigenvalue weighted by Crippen LogP contribution is 2.47. The molecular weight excluding hydrogens is 184 g/mol. The van der Waals surface area contributed by atoms with Gasteiger partial charge in [-0.25, -0.2) is 0 Å². The van der Waals surface area contributed by atoms with E-state index in [1.54, 1.807) is 0 Å². The normalized spacial score (nSPS) is 34.2. The SMILES string of the molecule is CC1COC[C@H](C(C)(C)C)C1C(C)(C)C. The van der Waals surface area contributed by atoms with Gasteiger partial charge in [-0.05, 0) is 28.6 Å². The molecule has 0 bridgehead atoms. The third-order valence-corrected chi connectivity index (χ3v) is 3.84. The topological polar surface area (TPSA) is 9.23 Å². The van der Waals surface area contributed by atoms with E-state index in [0.717, 1.165) is 19.1 Å². The predicted octanol–water partition coefficient (Wildman–Crippen LogP) is 3.98. The Morgan fingerprint density at radius 3 is 1.73 bits per heavy atom. The van der Waals surface area contributed by atoms with Gasteiger partial charge in [-0.15, -0.1) is 0 Å². The number of hydrogen-bond acceptors (Lipinski definition) is 1. The van der Waals surface area contributed by atoms with E-state index < -0.39 is 0 Å². The van der Waals surface area contributed by atoms with Crippen LogP contribution in [0.4, 0.5) is 0 Å². The summed E-state index contributed by atoms with van der Waals surface area (Å²) in [5.41, 5.74) is 0.744. The molecule has 0 N–H and O–H groups in total. The van der Waals surface area contributed by atoms with Gasteiger partial charge < -0.3 is 4.74 Å². The second-order valence-electron chi connectivity index (χ2n) is 7.38. The Morgan fingerprint density at radius 1 is 0.867 bits per heavy atom. The molecule has 2 unspecified atom stereocenters. The van der Waals surface area contributed by atoms with E-state index in [2.05, 4.69) is 48.5 Å². The fraction of sp³-hybridized carbons (Fsp3) is 1.00. The molecule has 0 aromatic rings. The molecule has 1 rings (SSSR count). The molecule has 0 aliphatic carbocycles. The summed E-state index contributed by atoms with van der Waals surface area (Å²) in [6, 6.07) is 0. The van der Waals surface area contributed by atoms with E-state index in [9.17, 15) is 0 Å². The molecule has 3 atom stereocenters. The largest absolute Gasteiger partial charge is 0.381 e. The van der Waals surface area contributed by atoms with Crippen molar-refractivity contribution in [2.45, 2.75) is 48.5 Å². The molecule has 0 spiro atoms. The van der Waals surface area contributed by atoms with E-state index in [0.29, 0.717) is 22.7 Å². The zero-order chi connectivity index (χ0) is 11.9. The molecule has 1 saturated heterocycles. The zero-order valence-electron chi connectivity index (χ0n) is 11.6. The van der Waals surface area contributed by atoms with E-state index in [4.69, 9.17) is 4.74 Å². The molecule has 1 nitrogen and oxygen atoms in total. The lowest BCUT2D eigenvalue weighted by molar-refractivity contribution is -0.0994. The van der Waals surface area contributed by atoms with Crippen LogP contribution in [0, 0.1) is 28.6 Å². The smallest absolute Gasteiger partial charge is 0.0502 e. The van der Waals surface area contributed by atoms with Crippen LogP contribution < -0.4 is 0 Å². The molecule has 1 fully saturated rings. The van der Waals surface area contributed by atoms with Crippen molar-refractivity contribution in [3.05, 3.63) is 0 Å². The summed E-state index contributed by atoms with van der Waals surface area (Å²) in [4.78, 5) is 0. The van der Waals surface area contributed by atoms with Crippen LogP contribution >= 0.6 is 0 Å². The van der Waals surface area contributed by atoms with Gasteiger partial charge >= 0.3 is 0 Å². The summed E-state index contributed by atoms with van der Waals surface area (Å²) >= 11 is 0. The van der Waals surface area contributed by atoms with Crippen LogP contribution in [0.25, 0.3) is 0 Å². The maximum Gasteiger partial charge on any atom is 0.0502 e. The Hall–Kier alpha value is -0.0400. The van der Waals surface area contributed by atoms with Crippen molar-refractivity contribution in [1.82, 2.24) is 0 Å². The molecule has 1 heteroatoms. The quantitative estimate of drug-likeness (QED) is 0.590. The average molecular weight is 212 g/mol. The third kappa shape index (κ3) is 2.96. The Kier molecular flexibility index (Phi) is 3.55. The average Bonchev–Trinajstić information content (AvgIpc) is 1.99. The molecule has 90 valence electrons. The minimum atomic E-state index is 0.354. The third-order valence-electron chi connectivity index (χ3n) is 3.84.